The molecular weight excluding hydrogens is 240 g/mol. The number of para-hydroxylation sites is 1. The lowest BCUT2D eigenvalue weighted by Crippen LogP contribution is -2.10. The van der Waals surface area contributed by atoms with Gasteiger partial charge in [0.05, 0.1) is 11.9 Å². The van der Waals surface area contributed by atoms with Crippen LogP contribution < -0.4 is 10.5 Å². The molecule has 0 spiro atoms. The second-order valence-electron chi connectivity index (χ2n) is 3.58. The third-order valence-corrected chi connectivity index (χ3v) is 2.61. The first kappa shape index (κ1) is 11.5. The van der Waals surface area contributed by atoms with Crippen LogP contribution in [0.4, 0.5) is 11.6 Å². The smallest absolute Gasteiger partial charge is 0.231 e. The molecule has 2 aromatic rings. The number of nitrogens with one attached hydrogen (secondary N) is 1. The zero-order valence-electron chi connectivity index (χ0n) is 9.16. The summed E-state index contributed by atoms with van der Waals surface area (Å²) < 4.78 is 25.9. The largest absolute Gasteiger partial charge is 0.384 e. The number of sulfonamides is 1. The van der Waals surface area contributed by atoms with Crippen molar-refractivity contribution in [3.63, 3.8) is 0 Å². The minimum Gasteiger partial charge on any atom is -0.384 e. The Morgan fingerprint density at radius 3 is 2.53 bits per heavy atom. The highest BCUT2D eigenvalue weighted by atomic mass is 32.2. The Balaban J connectivity index is 2.38. The Morgan fingerprint density at radius 2 is 1.94 bits per heavy atom. The van der Waals surface area contributed by atoms with Crippen LogP contribution in [-0.4, -0.2) is 24.5 Å². The van der Waals surface area contributed by atoms with Crippen LogP contribution >= 0.6 is 0 Å². The number of anilines is 2. The molecule has 0 radical (unpaired) electrons. The van der Waals surface area contributed by atoms with E-state index in [0.29, 0.717) is 5.82 Å². The Hall–Kier alpha value is -2.02. The quantitative estimate of drug-likeness (QED) is 0.846. The third-order valence-electron chi connectivity index (χ3n) is 2.03. The minimum atomic E-state index is -3.34. The number of benzene rings is 1. The van der Waals surface area contributed by atoms with Crippen LogP contribution in [0, 0.1) is 0 Å². The Kier molecular flexibility index (Phi) is 2.76. The molecule has 0 saturated heterocycles. The van der Waals surface area contributed by atoms with E-state index in [0.717, 1.165) is 11.9 Å². The maximum atomic E-state index is 11.1. The highest BCUT2D eigenvalue weighted by molar-refractivity contribution is 7.92. The van der Waals surface area contributed by atoms with Crippen molar-refractivity contribution in [1.82, 2.24) is 9.78 Å². The topological polar surface area (TPSA) is 90.0 Å². The van der Waals surface area contributed by atoms with Gasteiger partial charge in [-0.1, -0.05) is 18.2 Å². The normalized spacial score (nSPS) is 11.4. The molecule has 6 nitrogen and oxygen atoms in total. The van der Waals surface area contributed by atoms with Crippen molar-refractivity contribution in [2.45, 2.75) is 0 Å². The highest BCUT2D eigenvalue weighted by Gasteiger charge is 2.09. The predicted octanol–water partition coefficient (Wildman–Crippen LogP) is 0.826. The van der Waals surface area contributed by atoms with Gasteiger partial charge in [-0.3, -0.25) is 4.72 Å². The molecule has 0 aliphatic carbocycles. The summed E-state index contributed by atoms with van der Waals surface area (Å²) in [4.78, 5) is 0. The average Bonchev–Trinajstić information content (AvgIpc) is 2.58. The Bertz CT molecular complexity index is 619. The van der Waals surface area contributed by atoms with Crippen molar-refractivity contribution in [2.24, 2.45) is 0 Å². The summed E-state index contributed by atoms with van der Waals surface area (Å²) in [6.45, 7) is 0. The lowest BCUT2D eigenvalue weighted by molar-refractivity contribution is 0.606. The van der Waals surface area contributed by atoms with Gasteiger partial charge in [0, 0.05) is 6.07 Å². The van der Waals surface area contributed by atoms with Crippen LogP contribution in [-0.2, 0) is 10.0 Å². The van der Waals surface area contributed by atoms with Gasteiger partial charge in [-0.2, -0.15) is 0 Å². The van der Waals surface area contributed by atoms with Crippen LogP contribution in [0.5, 0.6) is 0 Å². The van der Waals surface area contributed by atoms with Gasteiger partial charge in [0.2, 0.25) is 10.0 Å². The van der Waals surface area contributed by atoms with Crippen LogP contribution in [0.2, 0.25) is 0 Å². The van der Waals surface area contributed by atoms with E-state index in [1.165, 1.54) is 10.7 Å². The fraction of sp³-hybridized carbons (Fsp3) is 0.100. The van der Waals surface area contributed by atoms with Gasteiger partial charge < -0.3 is 5.73 Å². The number of hydrogen-bond acceptors (Lipinski definition) is 4. The van der Waals surface area contributed by atoms with E-state index < -0.39 is 10.0 Å². The van der Waals surface area contributed by atoms with E-state index in [1.807, 2.05) is 30.3 Å². The Labute approximate surface area is 99.1 Å². The van der Waals surface area contributed by atoms with Crippen molar-refractivity contribution >= 4 is 21.7 Å². The number of nitrogens with two attached hydrogens (primary N) is 1. The third kappa shape index (κ3) is 2.76. The van der Waals surface area contributed by atoms with E-state index in [4.69, 9.17) is 5.73 Å². The van der Waals surface area contributed by atoms with Gasteiger partial charge in [-0.05, 0) is 12.1 Å². The molecule has 1 heterocycles. The second kappa shape index (κ2) is 4.10. The summed E-state index contributed by atoms with van der Waals surface area (Å²) in [7, 11) is -3.34. The molecule has 0 saturated carbocycles. The van der Waals surface area contributed by atoms with Crippen LogP contribution in [0.25, 0.3) is 5.69 Å². The molecule has 0 amide bonds. The first-order valence-electron chi connectivity index (χ1n) is 4.84. The van der Waals surface area contributed by atoms with Crippen LogP contribution in [0.1, 0.15) is 0 Å². The van der Waals surface area contributed by atoms with E-state index in [-0.39, 0.29) is 5.82 Å². The van der Waals surface area contributed by atoms with E-state index >= 15 is 0 Å². The zero-order valence-corrected chi connectivity index (χ0v) is 9.98. The number of nitrogen functional groups attached to an aromatic ring is 1. The molecule has 0 fully saturated rings. The molecule has 1 aromatic heterocycles. The first-order valence-corrected chi connectivity index (χ1v) is 6.73. The van der Waals surface area contributed by atoms with Crippen LogP contribution in [0.15, 0.2) is 36.4 Å². The molecule has 7 heteroatoms. The van der Waals surface area contributed by atoms with Crippen molar-refractivity contribution < 1.29 is 8.42 Å². The van der Waals surface area contributed by atoms with Gasteiger partial charge in [0.25, 0.3) is 0 Å². The monoisotopic (exact) mass is 252 g/mol. The zero-order chi connectivity index (χ0) is 12.5. The molecule has 0 unspecified atom stereocenters. The van der Waals surface area contributed by atoms with Crippen molar-refractivity contribution in [3.05, 3.63) is 36.4 Å². The maximum Gasteiger partial charge on any atom is 0.231 e. The van der Waals surface area contributed by atoms with Crippen molar-refractivity contribution in [3.8, 4) is 5.69 Å². The highest BCUT2D eigenvalue weighted by Crippen LogP contribution is 2.17. The van der Waals surface area contributed by atoms with E-state index in [9.17, 15) is 8.42 Å². The van der Waals surface area contributed by atoms with Gasteiger partial charge in [0.15, 0.2) is 5.82 Å². The molecule has 2 rings (SSSR count). The molecule has 0 bridgehead atoms. The summed E-state index contributed by atoms with van der Waals surface area (Å²) >= 11 is 0. The van der Waals surface area contributed by atoms with Crippen molar-refractivity contribution in [2.75, 3.05) is 16.7 Å². The first-order chi connectivity index (χ1) is 7.96. The second-order valence-corrected chi connectivity index (χ2v) is 5.32. The summed E-state index contributed by atoms with van der Waals surface area (Å²) in [5, 5.41) is 4.07. The summed E-state index contributed by atoms with van der Waals surface area (Å²) in [5.74, 6) is 0.566. The summed E-state index contributed by atoms with van der Waals surface area (Å²) in [5.41, 5.74) is 6.53. The average molecular weight is 252 g/mol. The molecule has 0 aliphatic heterocycles. The number of nitrogens with zero attached hydrogens (tertiary/aromatic N) is 2. The Morgan fingerprint density at radius 1 is 1.29 bits per heavy atom. The number of hydrogen-bond donors (Lipinski definition) is 2. The number of aromatic nitrogens is 2. The lowest BCUT2D eigenvalue weighted by atomic mass is 10.3. The number of rotatable bonds is 3. The summed E-state index contributed by atoms with van der Waals surface area (Å²) in [6.07, 6.45) is 1.06. The van der Waals surface area contributed by atoms with E-state index in [1.54, 1.807) is 0 Å². The molecule has 1 aromatic carbocycles. The molecule has 0 aliphatic rings. The van der Waals surface area contributed by atoms with Crippen molar-refractivity contribution in [1.29, 1.82) is 0 Å². The standard InChI is InChI=1S/C10H12N4O2S/c1-17(15,16)13-10-7-9(11)14(12-10)8-5-3-2-4-6-8/h2-7H,11H2,1H3,(H,12,13). The molecule has 90 valence electrons. The van der Waals surface area contributed by atoms with Gasteiger partial charge in [0.1, 0.15) is 5.82 Å². The molecule has 0 atom stereocenters. The fourth-order valence-electron chi connectivity index (χ4n) is 1.41. The van der Waals surface area contributed by atoms with Gasteiger partial charge in [-0.25, -0.2) is 13.1 Å². The maximum absolute atomic E-state index is 11.1. The molecule has 3 N–H and O–H groups in total. The fourth-order valence-corrected chi connectivity index (χ4v) is 1.89. The predicted molar refractivity (Wildman–Crippen MR) is 66.4 cm³/mol. The summed E-state index contributed by atoms with van der Waals surface area (Å²) in [6, 6.07) is 10.7. The minimum absolute atomic E-state index is 0.203. The van der Waals surface area contributed by atoms with Gasteiger partial charge >= 0.3 is 0 Å². The molecule has 17 heavy (non-hydrogen) atoms. The van der Waals surface area contributed by atoms with Gasteiger partial charge in [-0.15, -0.1) is 5.10 Å². The van der Waals surface area contributed by atoms with E-state index in [2.05, 4.69) is 9.82 Å². The lowest BCUT2D eigenvalue weighted by Gasteiger charge is -2.02. The SMILES string of the molecule is CS(=O)(=O)Nc1cc(N)n(-c2ccccc2)n1. The molecular formula is C10H12N4O2S. The van der Waals surface area contributed by atoms with Crippen LogP contribution in [0.3, 0.4) is 0 Å².